The zero-order valence-corrected chi connectivity index (χ0v) is 26.6. The van der Waals surface area contributed by atoms with Crippen molar-refractivity contribution in [2.45, 2.75) is 76.4 Å². The van der Waals surface area contributed by atoms with Crippen LogP contribution in [0.1, 0.15) is 78.2 Å². The molecule has 11 heteroatoms. The van der Waals surface area contributed by atoms with Crippen LogP contribution < -0.4 is 10.6 Å². The summed E-state index contributed by atoms with van der Waals surface area (Å²) in [5, 5.41) is 18.1. The largest absolute Gasteiger partial charge is 0.465 e. The van der Waals surface area contributed by atoms with Gasteiger partial charge in [-0.25, -0.2) is 18.7 Å². The van der Waals surface area contributed by atoms with Crippen LogP contribution >= 0.6 is 0 Å². The summed E-state index contributed by atoms with van der Waals surface area (Å²) in [6.45, 7) is 4.37. The number of imide groups is 1. The Bertz CT molecular complexity index is 1750. The lowest BCUT2D eigenvalue weighted by molar-refractivity contribution is -0.134. The van der Waals surface area contributed by atoms with E-state index in [1.165, 1.54) is 11.9 Å². The third-order valence-electron chi connectivity index (χ3n) is 9.58. The zero-order valence-electron chi connectivity index (χ0n) is 26.6. The fraction of sp³-hybridized carbons (Fsp3) is 0.417. The van der Waals surface area contributed by atoms with Gasteiger partial charge in [-0.1, -0.05) is 36.4 Å². The third kappa shape index (κ3) is 7.85. The standard InChI is InChI=1S/C36H41FN6O4/c1-23-17-28(9-10-29(23)19-38-36(46)47)34-32-18-24(20-43(32)40-22-39-34)3-2-4-30(37)21-42-15-13-26(14-16-42)25-5-7-27(8-6-25)31-11-12-33(44)41-35(31)45/h5-10,17-18,20,22,26,30-31,38H,2-4,11-16,19,21H2,1H3,(H,46,47)(H,41,44,45). The van der Waals surface area contributed by atoms with Crippen LogP contribution in [-0.2, 0) is 22.6 Å². The number of hydrogen-bond donors (Lipinski definition) is 3. The summed E-state index contributed by atoms with van der Waals surface area (Å²) in [5.74, 6) is -0.252. The molecule has 10 nitrogen and oxygen atoms in total. The molecule has 2 atom stereocenters. The van der Waals surface area contributed by atoms with Gasteiger partial charge in [0.1, 0.15) is 12.5 Å². The lowest BCUT2D eigenvalue weighted by Gasteiger charge is -2.33. The van der Waals surface area contributed by atoms with E-state index in [-0.39, 0.29) is 24.3 Å². The van der Waals surface area contributed by atoms with Crippen molar-refractivity contribution in [3.8, 4) is 11.3 Å². The summed E-state index contributed by atoms with van der Waals surface area (Å²) >= 11 is 0. The van der Waals surface area contributed by atoms with Crippen molar-refractivity contribution in [1.29, 1.82) is 0 Å². The second-order valence-electron chi connectivity index (χ2n) is 12.8. The Morgan fingerprint density at radius 3 is 2.57 bits per heavy atom. The molecule has 4 aromatic rings. The van der Waals surface area contributed by atoms with Gasteiger partial charge in [-0.15, -0.1) is 0 Å². The van der Waals surface area contributed by atoms with Crippen molar-refractivity contribution in [1.82, 2.24) is 30.1 Å². The maximum absolute atomic E-state index is 15.1. The first-order valence-electron chi connectivity index (χ1n) is 16.4. The number of fused-ring (bicyclic) bond motifs is 1. The summed E-state index contributed by atoms with van der Waals surface area (Å²) in [6, 6.07) is 16.2. The van der Waals surface area contributed by atoms with Crippen molar-refractivity contribution in [3.05, 3.63) is 88.9 Å². The number of aryl methyl sites for hydroxylation is 2. The first-order chi connectivity index (χ1) is 22.7. The van der Waals surface area contributed by atoms with Crippen LogP contribution in [0.3, 0.4) is 0 Å². The fourth-order valence-electron chi connectivity index (χ4n) is 6.91. The van der Waals surface area contributed by atoms with E-state index in [9.17, 15) is 14.4 Å². The Labute approximate surface area is 273 Å². The summed E-state index contributed by atoms with van der Waals surface area (Å²) < 4.78 is 16.9. The highest BCUT2D eigenvalue weighted by Gasteiger charge is 2.28. The van der Waals surface area contributed by atoms with Gasteiger partial charge in [0.15, 0.2) is 0 Å². The van der Waals surface area contributed by atoms with Crippen molar-refractivity contribution in [2.24, 2.45) is 0 Å². The Kier molecular flexibility index (Phi) is 9.91. The Morgan fingerprint density at radius 1 is 1.09 bits per heavy atom. The van der Waals surface area contributed by atoms with E-state index in [4.69, 9.17) is 5.11 Å². The third-order valence-corrected chi connectivity index (χ3v) is 9.58. The number of nitrogens with zero attached hydrogens (tertiary/aromatic N) is 4. The quantitative estimate of drug-likeness (QED) is 0.184. The van der Waals surface area contributed by atoms with Gasteiger partial charge in [0, 0.05) is 31.3 Å². The number of carbonyl (C=O) groups is 3. The van der Waals surface area contributed by atoms with Crippen molar-refractivity contribution >= 4 is 23.4 Å². The molecular formula is C36H41FN6O4. The lowest BCUT2D eigenvalue weighted by atomic mass is 9.86. The number of likely N-dealkylation sites (tertiary alicyclic amines) is 1. The molecule has 2 saturated heterocycles. The highest BCUT2D eigenvalue weighted by Crippen LogP contribution is 2.31. The van der Waals surface area contributed by atoms with E-state index in [1.807, 2.05) is 48.0 Å². The molecule has 246 valence electrons. The Morgan fingerprint density at radius 2 is 1.85 bits per heavy atom. The maximum atomic E-state index is 15.1. The van der Waals surface area contributed by atoms with Crippen LogP contribution in [-0.4, -0.2) is 68.3 Å². The van der Waals surface area contributed by atoms with Crippen LogP contribution in [0.15, 0.2) is 61.1 Å². The number of amides is 3. The molecule has 2 aromatic carbocycles. The van der Waals surface area contributed by atoms with E-state index in [1.54, 1.807) is 0 Å². The van der Waals surface area contributed by atoms with Crippen LogP contribution in [0, 0.1) is 6.92 Å². The fourth-order valence-corrected chi connectivity index (χ4v) is 6.91. The molecule has 2 aromatic heterocycles. The van der Waals surface area contributed by atoms with Crippen LogP contribution in [0.25, 0.3) is 16.8 Å². The first kappa shape index (κ1) is 32.3. The van der Waals surface area contributed by atoms with Gasteiger partial charge < -0.3 is 15.3 Å². The minimum Gasteiger partial charge on any atom is -0.465 e. The van der Waals surface area contributed by atoms with Crippen molar-refractivity contribution in [2.75, 3.05) is 19.6 Å². The van der Waals surface area contributed by atoms with E-state index >= 15 is 4.39 Å². The molecule has 2 aliphatic rings. The second-order valence-corrected chi connectivity index (χ2v) is 12.8. The number of benzene rings is 2. The molecule has 2 aliphatic heterocycles. The van der Waals surface area contributed by atoms with E-state index in [2.05, 4.69) is 43.8 Å². The molecule has 0 radical (unpaired) electrons. The number of hydrogen-bond acceptors (Lipinski definition) is 6. The minimum atomic E-state index is -1.06. The molecule has 47 heavy (non-hydrogen) atoms. The van der Waals surface area contributed by atoms with Gasteiger partial charge in [-0.2, -0.15) is 5.10 Å². The summed E-state index contributed by atoms with van der Waals surface area (Å²) in [4.78, 5) is 41.3. The van der Waals surface area contributed by atoms with Crippen molar-refractivity contribution < 1.29 is 23.9 Å². The molecule has 6 rings (SSSR count). The van der Waals surface area contributed by atoms with E-state index in [0.29, 0.717) is 31.7 Å². The highest BCUT2D eigenvalue weighted by atomic mass is 19.1. The number of carboxylic acid groups (broad SMARTS) is 1. The average Bonchev–Trinajstić information content (AvgIpc) is 3.48. The second kappa shape index (κ2) is 14.4. The Balaban J connectivity index is 0.965. The molecule has 2 unspecified atom stereocenters. The van der Waals surface area contributed by atoms with E-state index < -0.39 is 12.3 Å². The summed E-state index contributed by atoms with van der Waals surface area (Å²) in [7, 11) is 0. The molecular weight excluding hydrogens is 599 g/mol. The predicted octanol–water partition coefficient (Wildman–Crippen LogP) is 5.53. The van der Waals surface area contributed by atoms with Crippen molar-refractivity contribution in [3.63, 3.8) is 0 Å². The molecule has 2 fully saturated rings. The molecule has 3 amide bonds. The first-order valence-corrected chi connectivity index (χ1v) is 16.4. The number of piperidine rings is 2. The summed E-state index contributed by atoms with van der Waals surface area (Å²) in [5.41, 5.74) is 7.77. The van der Waals surface area contributed by atoms with Gasteiger partial charge in [0.25, 0.3) is 0 Å². The number of aromatic nitrogens is 3. The number of alkyl halides is 1. The minimum absolute atomic E-state index is 0.199. The number of carbonyl (C=O) groups excluding carboxylic acids is 2. The van der Waals surface area contributed by atoms with E-state index in [0.717, 1.165) is 77.8 Å². The van der Waals surface area contributed by atoms with Gasteiger partial charge in [-0.3, -0.25) is 14.9 Å². The number of nitrogens with one attached hydrogen (secondary N) is 2. The van der Waals surface area contributed by atoms with Crippen LogP contribution in [0.4, 0.5) is 9.18 Å². The normalized spacial score (nSPS) is 18.3. The smallest absolute Gasteiger partial charge is 0.404 e. The topological polar surface area (TPSA) is 129 Å². The molecule has 0 spiro atoms. The average molecular weight is 641 g/mol. The maximum Gasteiger partial charge on any atom is 0.404 e. The molecule has 4 heterocycles. The van der Waals surface area contributed by atoms with Gasteiger partial charge in [0.2, 0.25) is 11.8 Å². The van der Waals surface area contributed by atoms with Gasteiger partial charge in [0.05, 0.1) is 17.1 Å². The molecule has 0 saturated carbocycles. The monoisotopic (exact) mass is 640 g/mol. The van der Waals surface area contributed by atoms with Crippen LogP contribution in [0.5, 0.6) is 0 Å². The molecule has 3 N–H and O–H groups in total. The van der Waals surface area contributed by atoms with Gasteiger partial charge >= 0.3 is 6.09 Å². The summed E-state index contributed by atoms with van der Waals surface area (Å²) in [6.07, 6.45) is 6.44. The molecule has 0 aliphatic carbocycles. The molecule has 0 bridgehead atoms. The SMILES string of the molecule is Cc1cc(-c2ncnn3cc(CCCC(F)CN4CCC(c5ccc(C6CCC(=O)NC6=O)cc5)CC4)cc23)ccc1CNC(=O)O. The van der Waals surface area contributed by atoms with Gasteiger partial charge in [-0.05, 0) is 104 Å². The van der Waals surface area contributed by atoms with Crippen LogP contribution in [0.2, 0.25) is 0 Å². The highest BCUT2D eigenvalue weighted by molar-refractivity contribution is 6.00. The Hall–Kier alpha value is -4.64. The predicted molar refractivity (Wildman–Crippen MR) is 176 cm³/mol. The number of rotatable bonds is 11. The lowest BCUT2D eigenvalue weighted by Crippen LogP contribution is -2.39. The zero-order chi connectivity index (χ0) is 32.9. The number of halogens is 1.